The maximum atomic E-state index is 10.9. The first-order valence-corrected chi connectivity index (χ1v) is 7.48. The summed E-state index contributed by atoms with van der Waals surface area (Å²) in [4.78, 5) is 10.5. The molecule has 0 radical (unpaired) electrons. The summed E-state index contributed by atoms with van der Waals surface area (Å²) in [5.41, 5.74) is 1.01. The molecule has 0 bridgehead atoms. The summed E-state index contributed by atoms with van der Waals surface area (Å²) in [5.74, 6) is 0.209. The van der Waals surface area contributed by atoms with E-state index in [0.29, 0.717) is 10.9 Å². The number of nitro benzene ring substituents is 1. The van der Waals surface area contributed by atoms with Gasteiger partial charge in [0, 0.05) is 6.07 Å². The molecule has 104 valence electrons. The Hall–Kier alpha value is -0.940. The van der Waals surface area contributed by atoms with Crippen molar-refractivity contribution in [3.8, 4) is 0 Å². The van der Waals surface area contributed by atoms with Crippen LogP contribution in [0, 0.1) is 16.0 Å². The predicted octanol–water partition coefficient (Wildman–Crippen LogP) is 3.84. The summed E-state index contributed by atoms with van der Waals surface area (Å²) in [5, 5.41) is 21.0. The summed E-state index contributed by atoms with van der Waals surface area (Å²) in [6, 6.07) is 5.10. The van der Waals surface area contributed by atoms with E-state index in [0.717, 1.165) is 31.2 Å². The van der Waals surface area contributed by atoms with Crippen molar-refractivity contribution in [2.24, 2.45) is 5.92 Å². The second kappa shape index (κ2) is 6.48. The summed E-state index contributed by atoms with van der Waals surface area (Å²) < 4.78 is 0.552. The van der Waals surface area contributed by atoms with Gasteiger partial charge < -0.3 is 5.11 Å². The van der Waals surface area contributed by atoms with Gasteiger partial charge in [-0.15, -0.1) is 0 Å². The second-order valence-electron chi connectivity index (χ2n) is 5.18. The number of halogens is 1. The van der Waals surface area contributed by atoms with Crippen molar-refractivity contribution in [1.82, 2.24) is 0 Å². The van der Waals surface area contributed by atoms with Gasteiger partial charge in [0.1, 0.15) is 0 Å². The highest BCUT2D eigenvalue weighted by atomic mass is 79.9. The van der Waals surface area contributed by atoms with E-state index in [1.165, 1.54) is 12.5 Å². The Morgan fingerprint density at radius 1 is 1.32 bits per heavy atom. The molecule has 0 amide bonds. The van der Waals surface area contributed by atoms with Gasteiger partial charge in [0.25, 0.3) is 5.69 Å². The Labute approximate surface area is 121 Å². The zero-order valence-electron chi connectivity index (χ0n) is 10.7. The lowest BCUT2D eigenvalue weighted by Crippen LogP contribution is -2.21. The van der Waals surface area contributed by atoms with Crippen LogP contribution in [0.5, 0.6) is 0 Å². The minimum Gasteiger partial charge on any atom is -0.393 e. The Balaban J connectivity index is 2.18. The fourth-order valence-electron chi connectivity index (χ4n) is 2.75. The molecular formula is C14H18BrNO3. The molecule has 0 saturated heterocycles. The molecule has 2 unspecified atom stereocenters. The number of rotatable bonds is 3. The molecule has 1 saturated carbocycles. The van der Waals surface area contributed by atoms with Gasteiger partial charge in [-0.25, -0.2) is 0 Å². The van der Waals surface area contributed by atoms with Crippen LogP contribution >= 0.6 is 15.9 Å². The molecule has 1 fully saturated rings. The topological polar surface area (TPSA) is 63.4 Å². The van der Waals surface area contributed by atoms with Gasteiger partial charge in [0.15, 0.2) is 0 Å². The standard InChI is InChI=1S/C14H18BrNO3/c15-14-11(6-4-7-12(14)16(18)19)9-10-5-2-1-3-8-13(10)17/h4,6-7,10,13,17H,1-3,5,8-9H2. The largest absolute Gasteiger partial charge is 0.393 e. The van der Waals surface area contributed by atoms with Gasteiger partial charge in [-0.3, -0.25) is 10.1 Å². The highest BCUT2D eigenvalue weighted by molar-refractivity contribution is 9.10. The molecule has 5 heteroatoms. The zero-order valence-corrected chi connectivity index (χ0v) is 12.3. The molecule has 1 aromatic carbocycles. The molecule has 1 N–H and O–H groups in total. The summed E-state index contributed by atoms with van der Waals surface area (Å²) >= 11 is 3.32. The Morgan fingerprint density at radius 2 is 2.05 bits per heavy atom. The minimum absolute atomic E-state index is 0.0978. The van der Waals surface area contributed by atoms with E-state index in [2.05, 4.69) is 15.9 Å². The van der Waals surface area contributed by atoms with Gasteiger partial charge in [-0.05, 0) is 46.7 Å². The maximum Gasteiger partial charge on any atom is 0.283 e. The van der Waals surface area contributed by atoms with E-state index in [1.54, 1.807) is 6.07 Å². The van der Waals surface area contributed by atoms with Crippen molar-refractivity contribution in [3.63, 3.8) is 0 Å². The lowest BCUT2D eigenvalue weighted by atomic mass is 9.90. The van der Waals surface area contributed by atoms with Crippen molar-refractivity contribution in [1.29, 1.82) is 0 Å². The van der Waals surface area contributed by atoms with E-state index in [9.17, 15) is 15.2 Å². The molecular weight excluding hydrogens is 310 g/mol. The van der Waals surface area contributed by atoms with Crippen molar-refractivity contribution in [3.05, 3.63) is 38.3 Å². The molecule has 1 aromatic rings. The van der Waals surface area contributed by atoms with E-state index in [1.807, 2.05) is 6.07 Å². The first-order valence-electron chi connectivity index (χ1n) is 6.69. The highest BCUT2D eigenvalue weighted by Crippen LogP contribution is 2.33. The molecule has 1 aliphatic rings. The van der Waals surface area contributed by atoms with Crippen LogP contribution in [0.1, 0.15) is 37.7 Å². The van der Waals surface area contributed by atoms with Crippen molar-refractivity contribution in [2.75, 3.05) is 0 Å². The van der Waals surface area contributed by atoms with Crippen LogP contribution in [0.25, 0.3) is 0 Å². The molecule has 2 atom stereocenters. The van der Waals surface area contributed by atoms with Crippen LogP contribution in [0.4, 0.5) is 5.69 Å². The van der Waals surface area contributed by atoms with Crippen LogP contribution < -0.4 is 0 Å². The first-order chi connectivity index (χ1) is 9.09. The van der Waals surface area contributed by atoms with E-state index < -0.39 is 0 Å². The minimum atomic E-state index is -0.378. The molecule has 0 heterocycles. The molecule has 0 aromatic heterocycles. The van der Waals surface area contributed by atoms with Gasteiger partial charge >= 0.3 is 0 Å². The second-order valence-corrected chi connectivity index (χ2v) is 5.97. The summed E-state index contributed by atoms with van der Waals surface area (Å²) in [7, 11) is 0. The average Bonchev–Trinajstić information content (AvgIpc) is 2.57. The van der Waals surface area contributed by atoms with Crippen molar-refractivity contribution >= 4 is 21.6 Å². The third-order valence-corrected chi connectivity index (χ3v) is 4.77. The Bertz CT molecular complexity index is 464. The Kier molecular flexibility index (Phi) is 4.93. The number of aliphatic hydroxyl groups is 1. The number of hydrogen-bond acceptors (Lipinski definition) is 3. The molecule has 0 spiro atoms. The summed E-state index contributed by atoms with van der Waals surface area (Å²) in [6.45, 7) is 0. The van der Waals surface area contributed by atoms with Crippen molar-refractivity contribution < 1.29 is 10.0 Å². The SMILES string of the molecule is O=[N+]([O-])c1cccc(CC2CCCCCC2O)c1Br. The van der Waals surface area contributed by atoms with Crippen molar-refractivity contribution in [2.45, 2.75) is 44.6 Å². The number of benzene rings is 1. The van der Waals surface area contributed by atoms with Crippen LogP contribution in [0.3, 0.4) is 0 Å². The third-order valence-electron chi connectivity index (χ3n) is 3.86. The van der Waals surface area contributed by atoms with Crippen LogP contribution in [0.15, 0.2) is 22.7 Å². The van der Waals surface area contributed by atoms with Crippen LogP contribution in [-0.4, -0.2) is 16.1 Å². The smallest absolute Gasteiger partial charge is 0.283 e. The van der Waals surface area contributed by atoms with Gasteiger partial charge in [-0.1, -0.05) is 31.4 Å². The highest BCUT2D eigenvalue weighted by Gasteiger charge is 2.24. The number of nitro groups is 1. The average molecular weight is 328 g/mol. The quantitative estimate of drug-likeness (QED) is 0.521. The van der Waals surface area contributed by atoms with E-state index in [4.69, 9.17) is 0 Å². The van der Waals surface area contributed by atoms with Crippen LogP contribution in [0.2, 0.25) is 0 Å². The molecule has 2 rings (SSSR count). The maximum absolute atomic E-state index is 10.9. The van der Waals surface area contributed by atoms with Gasteiger partial charge in [0.05, 0.1) is 15.5 Å². The van der Waals surface area contributed by atoms with Crippen LogP contribution in [-0.2, 0) is 6.42 Å². The lowest BCUT2D eigenvalue weighted by molar-refractivity contribution is -0.385. The molecule has 1 aliphatic carbocycles. The van der Waals surface area contributed by atoms with Gasteiger partial charge in [0.2, 0.25) is 0 Å². The van der Waals surface area contributed by atoms with E-state index >= 15 is 0 Å². The summed E-state index contributed by atoms with van der Waals surface area (Å²) in [6.07, 6.45) is 5.64. The monoisotopic (exact) mass is 327 g/mol. The fraction of sp³-hybridized carbons (Fsp3) is 0.571. The normalized spacial score (nSPS) is 23.9. The first kappa shape index (κ1) is 14.5. The molecule has 19 heavy (non-hydrogen) atoms. The number of hydrogen-bond donors (Lipinski definition) is 1. The predicted molar refractivity (Wildman–Crippen MR) is 77.1 cm³/mol. The fourth-order valence-corrected chi connectivity index (χ4v) is 3.32. The Morgan fingerprint density at radius 3 is 2.79 bits per heavy atom. The molecule has 0 aliphatic heterocycles. The third kappa shape index (κ3) is 3.54. The lowest BCUT2D eigenvalue weighted by Gasteiger charge is -2.20. The number of aliphatic hydroxyl groups excluding tert-OH is 1. The van der Waals surface area contributed by atoms with E-state index in [-0.39, 0.29) is 22.6 Å². The molecule has 4 nitrogen and oxygen atoms in total. The number of nitrogens with zero attached hydrogens (tertiary/aromatic N) is 1. The zero-order chi connectivity index (χ0) is 13.8. The van der Waals surface area contributed by atoms with Gasteiger partial charge in [-0.2, -0.15) is 0 Å².